The van der Waals surface area contributed by atoms with Crippen LogP contribution in [0.4, 0.5) is 4.39 Å². The molecule has 2 rings (SSSR count). The predicted octanol–water partition coefficient (Wildman–Crippen LogP) is 2.04. The molecule has 1 aromatic rings. The average Bonchev–Trinajstić information content (AvgIpc) is 2.77. The summed E-state index contributed by atoms with van der Waals surface area (Å²) >= 11 is 0. The third-order valence-corrected chi connectivity index (χ3v) is 3.69. The average molecular weight is 236 g/mol. The van der Waals surface area contributed by atoms with Gasteiger partial charge in [-0.3, -0.25) is 4.90 Å². The molecule has 2 nitrogen and oxygen atoms in total. The van der Waals surface area contributed by atoms with Gasteiger partial charge in [0.15, 0.2) is 0 Å². The number of likely N-dealkylation sites (tertiary alicyclic amines) is 1. The van der Waals surface area contributed by atoms with E-state index >= 15 is 0 Å². The van der Waals surface area contributed by atoms with Gasteiger partial charge in [-0.2, -0.15) is 0 Å². The van der Waals surface area contributed by atoms with E-state index in [1.54, 1.807) is 12.1 Å². The maximum absolute atomic E-state index is 13.1. The molecular formula is C14H21FN2. The summed E-state index contributed by atoms with van der Waals surface area (Å²) in [5.41, 5.74) is 6.77. The molecule has 0 aromatic heterocycles. The molecule has 3 heteroatoms. The Morgan fingerprint density at radius 3 is 3.00 bits per heavy atom. The van der Waals surface area contributed by atoms with Gasteiger partial charge in [0, 0.05) is 12.6 Å². The van der Waals surface area contributed by atoms with Crippen molar-refractivity contribution in [2.24, 2.45) is 11.7 Å². The molecule has 1 heterocycles. The minimum Gasteiger partial charge on any atom is -0.330 e. The zero-order valence-corrected chi connectivity index (χ0v) is 10.4. The fourth-order valence-electron chi connectivity index (χ4n) is 2.59. The van der Waals surface area contributed by atoms with Crippen molar-refractivity contribution in [3.05, 3.63) is 35.6 Å². The van der Waals surface area contributed by atoms with Gasteiger partial charge in [0.25, 0.3) is 0 Å². The van der Waals surface area contributed by atoms with E-state index < -0.39 is 0 Å². The number of hydrogen-bond acceptors (Lipinski definition) is 2. The Hall–Kier alpha value is -0.930. The van der Waals surface area contributed by atoms with Gasteiger partial charge >= 0.3 is 0 Å². The van der Waals surface area contributed by atoms with Crippen LogP contribution in [0.25, 0.3) is 0 Å². The highest BCUT2D eigenvalue weighted by molar-refractivity contribution is 5.17. The lowest BCUT2D eigenvalue weighted by Crippen LogP contribution is -2.33. The third kappa shape index (κ3) is 3.27. The highest BCUT2D eigenvalue weighted by atomic mass is 19.1. The van der Waals surface area contributed by atoms with Gasteiger partial charge < -0.3 is 5.73 Å². The van der Waals surface area contributed by atoms with Crippen molar-refractivity contribution in [1.82, 2.24) is 4.90 Å². The minimum absolute atomic E-state index is 0.143. The number of rotatable bonds is 4. The summed E-state index contributed by atoms with van der Waals surface area (Å²) in [7, 11) is 0. The Bertz CT molecular complexity index is 367. The smallest absolute Gasteiger partial charge is 0.123 e. The summed E-state index contributed by atoms with van der Waals surface area (Å²) in [5.74, 6) is 0.501. The Balaban J connectivity index is 1.91. The van der Waals surface area contributed by atoms with Crippen LogP contribution in [0.15, 0.2) is 24.3 Å². The number of nitrogens with zero attached hydrogens (tertiary/aromatic N) is 1. The standard InChI is InChI=1S/C14H21FN2/c1-11(17-6-5-13(9-16)10-17)7-12-3-2-4-14(15)8-12/h2-4,8,11,13H,5-7,9-10,16H2,1H3. The summed E-state index contributed by atoms with van der Waals surface area (Å²) in [6.45, 7) is 5.21. The first-order valence-corrected chi connectivity index (χ1v) is 6.37. The summed E-state index contributed by atoms with van der Waals surface area (Å²) < 4.78 is 13.1. The topological polar surface area (TPSA) is 29.3 Å². The second-order valence-corrected chi connectivity index (χ2v) is 5.07. The minimum atomic E-state index is -0.143. The molecule has 17 heavy (non-hydrogen) atoms. The number of halogens is 1. The molecule has 0 aliphatic carbocycles. The Labute approximate surface area is 103 Å². The van der Waals surface area contributed by atoms with Crippen LogP contribution in [0.2, 0.25) is 0 Å². The van der Waals surface area contributed by atoms with Crippen LogP contribution < -0.4 is 5.73 Å². The fourth-order valence-corrected chi connectivity index (χ4v) is 2.59. The highest BCUT2D eigenvalue weighted by Crippen LogP contribution is 2.19. The van der Waals surface area contributed by atoms with E-state index in [-0.39, 0.29) is 5.82 Å². The van der Waals surface area contributed by atoms with Crippen LogP contribution in [0.1, 0.15) is 18.9 Å². The highest BCUT2D eigenvalue weighted by Gasteiger charge is 2.24. The largest absolute Gasteiger partial charge is 0.330 e. The van der Waals surface area contributed by atoms with Gasteiger partial charge in [0.2, 0.25) is 0 Å². The van der Waals surface area contributed by atoms with Crippen LogP contribution >= 0.6 is 0 Å². The van der Waals surface area contributed by atoms with E-state index in [4.69, 9.17) is 5.73 Å². The first-order valence-electron chi connectivity index (χ1n) is 6.37. The molecule has 0 spiro atoms. The van der Waals surface area contributed by atoms with Crippen LogP contribution in [0.3, 0.4) is 0 Å². The third-order valence-electron chi connectivity index (χ3n) is 3.69. The molecule has 0 amide bonds. The van der Waals surface area contributed by atoms with E-state index in [9.17, 15) is 4.39 Å². The fraction of sp³-hybridized carbons (Fsp3) is 0.571. The lowest BCUT2D eigenvalue weighted by molar-refractivity contribution is 0.248. The molecule has 2 unspecified atom stereocenters. The molecular weight excluding hydrogens is 215 g/mol. The maximum Gasteiger partial charge on any atom is 0.123 e. The number of hydrogen-bond donors (Lipinski definition) is 1. The van der Waals surface area contributed by atoms with Crippen molar-refractivity contribution in [3.8, 4) is 0 Å². The lowest BCUT2D eigenvalue weighted by Gasteiger charge is -2.24. The molecule has 94 valence electrons. The summed E-state index contributed by atoms with van der Waals surface area (Å²) in [5, 5.41) is 0. The lowest BCUT2D eigenvalue weighted by atomic mass is 10.1. The van der Waals surface area contributed by atoms with Gasteiger partial charge in [0.1, 0.15) is 5.82 Å². The Morgan fingerprint density at radius 1 is 1.53 bits per heavy atom. The van der Waals surface area contributed by atoms with Gasteiger partial charge in [-0.15, -0.1) is 0 Å². The molecule has 0 saturated carbocycles. The first-order chi connectivity index (χ1) is 8.19. The molecule has 1 saturated heterocycles. The van der Waals surface area contributed by atoms with Gasteiger partial charge in [0.05, 0.1) is 0 Å². The summed E-state index contributed by atoms with van der Waals surface area (Å²) in [6, 6.07) is 7.37. The van der Waals surface area contributed by atoms with E-state index in [0.29, 0.717) is 12.0 Å². The normalized spacial score (nSPS) is 22.9. The van der Waals surface area contributed by atoms with Crippen molar-refractivity contribution < 1.29 is 4.39 Å². The Morgan fingerprint density at radius 2 is 2.35 bits per heavy atom. The van der Waals surface area contributed by atoms with E-state index in [1.165, 1.54) is 12.5 Å². The van der Waals surface area contributed by atoms with Crippen molar-refractivity contribution in [2.75, 3.05) is 19.6 Å². The second kappa shape index (κ2) is 5.61. The SMILES string of the molecule is CC(Cc1cccc(F)c1)N1CCC(CN)C1. The van der Waals surface area contributed by atoms with Crippen molar-refractivity contribution in [1.29, 1.82) is 0 Å². The molecule has 1 aromatic carbocycles. The van der Waals surface area contributed by atoms with E-state index in [0.717, 1.165) is 31.6 Å². The summed E-state index contributed by atoms with van der Waals surface area (Å²) in [6.07, 6.45) is 2.11. The zero-order chi connectivity index (χ0) is 12.3. The molecule has 0 radical (unpaired) electrons. The van der Waals surface area contributed by atoms with Crippen LogP contribution in [0, 0.1) is 11.7 Å². The van der Waals surface area contributed by atoms with Gasteiger partial charge in [-0.25, -0.2) is 4.39 Å². The zero-order valence-electron chi connectivity index (χ0n) is 10.4. The van der Waals surface area contributed by atoms with Gasteiger partial charge in [-0.1, -0.05) is 12.1 Å². The number of benzene rings is 1. The second-order valence-electron chi connectivity index (χ2n) is 5.07. The Kier molecular flexibility index (Phi) is 4.13. The summed E-state index contributed by atoms with van der Waals surface area (Å²) in [4.78, 5) is 2.46. The molecule has 1 aliphatic rings. The molecule has 2 atom stereocenters. The number of nitrogens with two attached hydrogens (primary N) is 1. The van der Waals surface area contributed by atoms with Crippen molar-refractivity contribution in [3.63, 3.8) is 0 Å². The van der Waals surface area contributed by atoms with E-state index in [1.807, 2.05) is 6.07 Å². The first kappa shape index (κ1) is 12.5. The van der Waals surface area contributed by atoms with Crippen LogP contribution in [-0.4, -0.2) is 30.6 Å². The molecule has 2 N–H and O–H groups in total. The van der Waals surface area contributed by atoms with Crippen LogP contribution in [0.5, 0.6) is 0 Å². The van der Waals surface area contributed by atoms with Crippen LogP contribution in [-0.2, 0) is 6.42 Å². The van der Waals surface area contributed by atoms with Crippen molar-refractivity contribution in [2.45, 2.75) is 25.8 Å². The monoisotopic (exact) mass is 236 g/mol. The quantitative estimate of drug-likeness (QED) is 0.867. The maximum atomic E-state index is 13.1. The molecule has 1 fully saturated rings. The molecule has 1 aliphatic heterocycles. The van der Waals surface area contributed by atoms with E-state index in [2.05, 4.69) is 11.8 Å². The molecule has 0 bridgehead atoms. The van der Waals surface area contributed by atoms with Gasteiger partial charge in [-0.05, 0) is 56.5 Å². The predicted molar refractivity (Wildman–Crippen MR) is 68.3 cm³/mol. The van der Waals surface area contributed by atoms with Crippen molar-refractivity contribution >= 4 is 0 Å².